The van der Waals surface area contributed by atoms with Crippen molar-refractivity contribution in [2.45, 2.75) is 51.0 Å². The van der Waals surface area contributed by atoms with Crippen LogP contribution < -0.4 is 0 Å². The molecule has 6 atom stereocenters. The molecule has 2 fully saturated rings. The number of benzene rings is 4. The van der Waals surface area contributed by atoms with Gasteiger partial charge < -0.3 is 23.7 Å². The lowest BCUT2D eigenvalue weighted by Gasteiger charge is -2.48. The molecule has 0 bridgehead atoms. The minimum absolute atomic E-state index is 0.0417. The molecule has 5 heteroatoms. The van der Waals surface area contributed by atoms with Crippen LogP contribution in [0.15, 0.2) is 103 Å². The first-order valence-electron chi connectivity index (χ1n) is 13.0. The van der Waals surface area contributed by atoms with Crippen molar-refractivity contribution in [1.82, 2.24) is 0 Å². The van der Waals surface area contributed by atoms with Crippen molar-refractivity contribution in [2.24, 2.45) is 5.92 Å². The Bertz CT molecular complexity index is 1290. The van der Waals surface area contributed by atoms with Crippen molar-refractivity contribution >= 4 is 10.8 Å². The zero-order chi connectivity index (χ0) is 25.0. The van der Waals surface area contributed by atoms with Crippen LogP contribution in [0.2, 0.25) is 0 Å². The second-order valence-corrected chi connectivity index (χ2v) is 9.83. The Kier molecular flexibility index (Phi) is 7.31. The van der Waals surface area contributed by atoms with E-state index in [4.69, 9.17) is 23.7 Å². The molecule has 0 aliphatic carbocycles. The van der Waals surface area contributed by atoms with Crippen LogP contribution in [0.25, 0.3) is 10.8 Å². The highest BCUT2D eigenvalue weighted by Crippen LogP contribution is 2.38. The van der Waals surface area contributed by atoms with Gasteiger partial charge >= 0.3 is 0 Å². The van der Waals surface area contributed by atoms with E-state index in [1.54, 1.807) is 0 Å². The fourth-order valence-corrected chi connectivity index (χ4v) is 5.20. The van der Waals surface area contributed by atoms with Crippen LogP contribution in [0.1, 0.15) is 29.9 Å². The van der Waals surface area contributed by atoms with E-state index >= 15 is 0 Å². The van der Waals surface area contributed by atoms with Crippen LogP contribution in [-0.4, -0.2) is 31.2 Å². The Morgan fingerprint density at radius 3 is 2.22 bits per heavy atom. The van der Waals surface area contributed by atoms with Gasteiger partial charge in [-0.25, -0.2) is 0 Å². The smallest absolute Gasteiger partial charge is 0.184 e. The molecular formula is C32H32O5. The number of rotatable bonds is 7. The Morgan fingerprint density at radius 1 is 0.703 bits per heavy atom. The van der Waals surface area contributed by atoms with E-state index in [9.17, 15) is 0 Å². The third kappa shape index (κ3) is 5.47. The van der Waals surface area contributed by atoms with E-state index in [2.05, 4.69) is 61.5 Å². The van der Waals surface area contributed by atoms with Crippen LogP contribution in [0.3, 0.4) is 0 Å². The van der Waals surface area contributed by atoms with Gasteiger partial charge in [-0.1, -0.05) is 104 Å². The summed E-state index contributed by atoms with van der Waals surface area (Å²) in [6.45, 7) is 3.49. The number of fused-ring (bicyclic) bond motifs is 2. The highest BCUT2D eigenvalue weighted by atomic mass is 16.7. The number of hydrogen-bond acceptors (Lipinski definition) is 5. The summed E-state index contributed by atoms with van der Waals surface area (Å²) >= 11 is 0. The lowest BCUT2D eigenvalue weighted by Crippen LogP contribution is -2.59. The predicted molar refractivity (Wildman–Crippen MR) is 142 cm³/mol. The zero-order valence-corrected chi connectivity index (χ0v) is 20.9. The van der Waals surface area contributed by atoms with Gasteiger partial charge in [-0.15, -0.1) is 0 Å². The van der Waals surface area contributed by atoms with Gasteiger partial charge in [-0.05, 0) is 28.0 Å². The molecule has 0 N–H and O–H groups in total. The normalized spacial score (nSPS) is 27.6. The first-order chi connectivity index (χ1) is 18.2. The van der Waals surface area contributed by atoms with E-state index in [1.807, 2.05) is 48.5 Å². The van der Waals surface area contributed by atoms with Gasteiger partial charge in [0.25, 0.3) is 0 Å². The summed E-state index contributed by atoms with van der Waals surface area (Å²) in [5.41, 5.74) is 3.22. The quantitative estimate of drug-likeness (QED) is 0.296. The summed E-state index contributed by atoms with van der Waals surface area (Å²) in [6.07, 6.45) is -1.65. The molecule has 2 aliphatic heterocycles. The molecule has 0 amide bonds. The van der Waals surface area contributed by atoms with Crippen molar-refractivity contribution < 1.29 is 23.7 Å². The number of hydrogen-bond donors (Lipinski definition) is 0. The highest BCUT2D eigenvalue weighted by Gasteiger charge is 2.49. The van der Waals surface area contributed by atoms with Crippen LogP contribution >= 0.6 is 0 Å². The summed E-state index contributed by atoms with van der Waals surface area (Å²) in [7, 11) is 0. The average molecular weight is 497 g/mol. The summed E-state index contributed by atoms with van der Waals surface area (Å²) in [6, 6.07) is 35.0. The van der Waals surface area contributed by atoms with Crippen molar-refractivity contribution in [2.75, 3.05) is 6.61 Å². The topological polar surface area (TPSA) is 46.2 Å². The maximum Gasteiger partial charge on any atom is 0.184 e. The maximum absolute atomic E-state index is 6.63. The van der Waals surface area contributed by atoms with Crippen LogP contribution in [0.4, 0.5) is 0 Å². The second-order valence-electron chi connectivity index (χ2n) is 9.83. The van der Waals surface area contributed by atoms with Crippen molar-refractivity contribution in [3.8, 4) is 0 Å². The minimum Gasteiger partial charge on any atom is -0.370 e. The molecule has 0 aromatic heterocycles. The van der Waals surface area contributed by atoms with E-state index in [-0.39, 0.29) is 24.2 Å². The first-order valence-corrected chi connectivity index (χ1v) is 13.0. The van der Waals surface area contributed by atoms with Crippen molar-refractivity contribution in [3.05, 3.63) is 120 Å². The Morgan fingerprint density at radius 2 is 1.41 bits per heavy atom. The van der Waals surface area contributed by atoms with E-state index < -0.39 is 12.6 Å². The van der Waals surface area contributed by atoms with Gasteiger partial charge in [0.1, 0.15) is 12.2 Å². The monoisotopic (exact) mass is 496 g/mol. The zero-order valence-electron chi connectivity index (χ0n) is 20.9. The Labute approximate surface area is 217 Å². The van der Waals surface area contributed by atoms with Crippen LogP contribution in [0.5, 0.6) is 0 Å². The fourth-order valence-electron chi connectivity index (χ4n) is 5.20. The van der Waals surface area contributed by atoms with Gasteiger partial charge in [0.05, 0.1) is 25.9 Å². The largest absolute Gasteiger partial charge is 0.370 e. The molecule has 190 valence electrons. The van der Waals surface area contributed by atoms with E-state index in [0.717, 1.165) is 16.7 Å². The third-order valence-corrected chi connectivity index (χ3v) is 7.22. The molecule has 0 saturated carbocycles. The van der Waals surface area contributed by atoms with Crippen LogP contribution in [0, 0.1) is 5.92 Å². The first kappa shape index (κ1) is 24.3. The predicted octanol–water partition coefficient (Wildman–Crippen LogP) is 6.42. The van der Waals surface area contributed by atoms with E-state index in [1.165, 1.54) is 10.8 Å². The second kappa shape index (κ2) is 11.1. The lowest BCUT2D eigenvalue weighted by molar-refractivity contribution is -0.358. The summed E-state index contributed by atoms with van der Waals surface area (Å²) in [5.74, 6) is -0.0417. The molecule has 3 unspecified atom stereocenters. The maximum atomic E-state index is 6.63. The SMILES string of the molecule is CC1[C@H](OCc2ccccc2)OC2COC(c3ccccc3)O[C@@H]2[C@@H]1OCc1ccc2ccccc2c1. The Hall–Kier alpha value is -3.06. The summed E-state index contributed by atoms with van der Waals surface area (Å²) in [5, 5.41) is 2.43. The summed E-state index contributed by atoms with van der Waals surface area (Å²) in [4.78, 5) is 0. The molecule has 2 heterocycles. The molecule has 4 aromatic carbocycles. The summed E-state index contributed by atoms with van der Waals surface area (Å²) < 4.78 is 31.9. The van der Waals surface area contributed by atoms with Crippen LogP contribution in [-0.2, 0) is 36.9 Å². The third-order valence-electron chi connectivity index (χ3n) is 7.22. The van der Waals surface area contributed by atoms with E-state index in [0.29, 0.717) is 19.8 Å². The standard InChI is InChI=1S/C32H32O5/c1-22-29(33-20-24-16-17-25-12-8-9-15-27(25)18-24)30-28(21-35-32(37-30)26-13-6-3-7-14-26)36-31(22)34-19-23-10-4-2-5-11-23/h2-18,22,28-32H,19-21H2,1H3/t22?,28?,29-,30+,31-,32?/m1/s1. The van der Waals surface area contributed by atoms with Gasteiger partial charge in [-0.2, -0.15) is 0 Å². The number of ether oxygens (including phenoxy) is 5. The van der Waals surface area contributed by atoms with Gasteiger partial charge in [0.15, 0.2) is 12.6 Å². The van der Waals surface area contributed by atoms with Gasteiger partial charge in [-0.3, -0.25) is 0 Å². The molecule has 0 radical (unpaired) electrons. The molecule has 6 rings (SSSR count). The van der Waals surface area contributed by atoms with Crippen molar-refractivity contribution in [3.63, 3.8) is 0 Å². The van der Waals surface area contributed by atoms with Gasteiger partial charge in [0.2, 0.25) is 0 Å². The molecule has 0 spiro atoms. The highest BCUT2D eigenvalue weighted by molar-refractivity contribution is 5.82. The Balaban J connectivity index is 1.21. The average Bonchev–Trinajstić information content (AvgIpc) is 2.96. The molecule has 5 nitrogen and oxygen atoms in total. The molecular weight excluding hydrogens is 464 g/mol. The molecule has 4 aromatic rings. The lowest BCUT2D eigenvalue weighted by atomic mass is 9.91. The van der Waals surface area contributed by atoms with Crippen molar-refractivity contribution in [1.29, 1.82) is 0 Å². The minimum atomic E-state index is -0.452. The molecule has 37 heavy (non-hydrogen) atoms. The fraction of sp³-hybridized carbons (Fsp3) is 0.312. The molecule has 2 aliphatic rings. The molecule has 2 saturated heterocycles. The van der Waals surface area contributed by atoms with Gasteiger partial charge in [0, 0.05) is 11.5 Å².